The molecular formula is C15H17FN2O3. The van der Waals surface area contributed by atoms with Gasteiger partial charge in [-0.05, 0) is 12.1 Å². The average molecular weight is 292 g/mol. The molecule has 0 aliphatic heterocycles. The van der Waals surface area contributed by atoms with Crippen molar-refractivity contribution in [2.45, 2.75) is 0 Å². The summed E-state index contributed by atoms with van der Waals surface area (Å²) in [6, 6.07) is 8.00. The van der Waals surface area contributed by atoms with Crippen molar-refractivity contribution in [2.24, 2.45) is 0 Å². The normalized spacial score (nSPS) is 10.1. The maximum atomic E-state index is 13.5. The third-order valence-corrected chi connectivity index (χ3v) is 3.00. The molecule has 2 aromatic carbocycles. The number of ether oxygens (including phenoxy) is 3. The van der Waals surface area contributed by atoms with E-state index in [-0.39, 0.29) is 11.4 Å². The number of rotatable bonds is 5. The molecule has 0 atom stereocenters. The number of anilines is 3. The Bertz CT molecular complexity index is 647. The molecule has 112 valence electrons. The van der Waals surface area contributed by atoms with E-state index in [2.05, 4.69) is 5.32 Å². The molecule has 0 unspecified atom stereocenters. The molecule has 0 bridgehead atoms. The fourth-order valence-corrected chi connectivity index (χ4v) is 1.88. The maximum absolute atomic E-state index is 13.5. The van der Waals surface area contributed by atoms with Crippen molar-refractivity contribution in [3.63, 3.8) is 0 Å². The highest BCUT2D eigenvalue weighted by molar-refractivity contribution is 5.77. The molecule has 2 aromatic rings. The van der Waals surface area contributed by atoms with Crippen LogP contribution in [0.15, 0.2) is 30.3 Å². The quantitative estimate of drug-likeness (QED) is 0.829. The Morgan fingerprint density at radius 1 is 0.905 bits per heavy atom. The molecule has 0 radical (unpaired) electrons. The predicted molar refractivity (Wildman–Crippen MR) is 80.2 cm³/mol. The lowest BCUT2D eigenvalue weighted by molar-refractivity contribution is 0.387. The molecule has 0 aliphatic carbocycles. The summed E-state index contributed by atoms with van der Waals surface area (Å²) in [6.07, 6.45) is 0. The number of hydrogen-bond donors (Lipinski definition) is 2. The zero-order chi connectivity index (χ0) is 15.4. The molecule has 2 rings (SSSR count). The van der Waals surface area contributed by atoms with E-state index >= 15 is 0 Å². The topological polar surface area (TPSA) is 65.7 Å². The van der Waals surface area contributed by atoms with Crippen LogP contribution in [0.2, 0.25) is 0 Å². The molecule has 0 aromatic heterocycles. The molecule has 0 heterocycles. The summed E-state index contributed by atoms with van der Waals surface area (Å²) in [5, 5.41) is 3.09. The molecule has 0 aliphatic rings. The fourth-order valence-electron chi connectivity index (χ4n) is 1.88. The number of benzene rings is 2. The highest BCUT2D eigenvalue weighted by atomic mass is 19.1. The summed E-state index contributed by atoms with van der Waals surface area (Å²) in [5.41, 5.74) is 7.29. The third-order valence-electron chi connectivity index (χ3n) is 3.00. The average Bonchev–Trinajstić information content (AvgIpc) is 2.50. The molecule has 0 fully saturated rings. The Labute approximate surface area is 122 Å². The van der Waals surface area contributed by atoms with Crippen molar-refractivity contribution in [3.8, 4) is 17.2 Å². The van der Waals surface area contributed by atoms with E-state index in [9.17, 15) is 4.39 Å². The van der Waals surface area contributed by atoms with E-state index in [1.165, 1.54) is 19.2 Å². The zero-order valence-corrected chi connectivity index (χ0v) is 12.1. The van der Waals surface area contributed by atoms with E-state index in [0.29, 0.717) is 22.9 Å². The smallest absolute Gasteiger partial charge is 0.167 e. The molecule has 6 heteroatoms. The lowest BCUT2D eigenvalue weighted by Gasteiger charge is -2.15. The zero-order valence-electron chi connectivity index (χ0n) is 12.1. The summed E-state index contributed by atoms with van der Waals surface area (Å²) in [7, 11) is 4.52. The molecule has 0 saturated heterocycles. The van der Waals surface area contributed by atoms with Crippen molar-refractivity contribution in [1.29, 1.82) is 0 Å². The number of halogens is 1. The van der Waals surface area contributed by atoms with Gasteiger partial charge in [0.25, 0.3) is 0 Å². The Morgan fingerprint density at radius 3 is 2.24 bits per heavy atom. The van der Waals surface area contributed by atoms with Crippen LogP contribution in [0, 0.1) is 5.82 Å². The Kier molecular flexibility index (Phi) is 4.37. The monoisotopic (exact) mass is 292 g/mol. The predicted octanol–water partition coefficient (Wildman–Crippen LogP) is 3.18. The summed E-state index contributed by atoms with van der Waals surface area (Å²) < 4.78 is 28.9. The van der Waals surface area contributed by atoms with Gasteiger partial charge in [-0.15, -0.1) is 0 Å². The van der Waals surface area contributed by atoms with Gasteiger partial charge in [0.05, 0.1) is 38.4 Å². The highest BCUT2D eigenvalue weighted by Crippen LogP contribution is 2.35. The standard InChI is InChI=1S/C15H17FN2O3/c1-19-9-4-5-12(15(6-9)21-3)18-13-8-14(20-2)10(16)7-11(13)17/h4-8,18H,17H2,1-3H3. The SMILES string of the molecule is COc1ccc(Nc2cc(OC)c(F)cc2N)c(OC)c1. The molecule has 5 nitrogen and oxygen atoms in total. The second kappa shape index (κ2) is 6.21. The van der Waals surface area contributed by atoms with Gasteiger partial charge in [-0.3, -0.25) is 0 Å². The molecule has 3 N–H and O–H groups in total. The van der Waals surface area contributed by atoms with Crippen LogP contribution in [0.1, 0.15) is 0 Å². The van der Waals surface area contributed by atoms with E-state index < -0.39 is 5.82 Å². The van der Waals surface area contributed by atoms with Crippen LogP contribution in [0.5, 0.6) is 17.2 Å². The molecular weight excluding hydrogens is 275 g/mol. The molecule has 0 spiro atoms. The van der Waals surface area contributed by atoms with Crippen molar-refractivity contribution >= 4 is 17.1 Å². The molecule has 21 heavy (non-hydrogen) atoms. The first-order chi connectivity index (χ1) is 10.1. The van der Waals surface area contributed by atoms with Gasteiger partial charge in [0.2, 0.25) is 0 Å². The van der Waals surface area contributed by atoms with Crippen molar-refractivity contribution in [1.82, 2.24) is 0 Å². The first-order valence-corrected chi connectivity index (χ1v) is 6.21. The van der Waals surface area contributed by atoms with Gasteiger partial charge in [-0.25, -0.2) is 4.39 Å². The number of nitrogens with two attached hydrogens (primary N) is 1. The van der Waals surface area contributed by atoms with Gasteiger partial charge < -0.3 is 25.3 Å². The summed E-state index contributed by atoms with van der Waals surface area (Å²) in [6.45, 7) is 0. The van der Waals surface area contributed by atoms with Crippen LogP contribution >= 0.6 is 0 Å². The van der Waals surface area contributed by atoms with Gasteiger partial charge >= 0.3 is 0 Å². The van der Waals surface area contributed by atoms with E-state index in [1.807, 2.05) is 0 Å². The van der Waals surface area contributed by atoms with Crippen LogP contribution in [0.3, 0.4) is 0 Å². The summed E-state index contributed by atoms with van der Waals surface area (Å²) in [5.74, 6) is 0.848. The van der Waals surface area contributed by atoms with Gasteiger partial charge in [-0.1, -0.05) is 0 Å². The Balaban J connectivity index is 2.38. The van der Waals surface area contributed by atoms with Crippen LogP contribution < -0.4 is 25.3 Å². The summed E-state index contributed by atoms with van der Waals surface area (Å²) >= 11 is 0. The minimum absolute atomic E-state index is 0.110. The minimum atomic E-state index is -0.512. The largest absolute Gasteiger partial charge is 0.497 e. The first kappa shape index (κ1) is 14.8. The van der Waals surface area contributed by atoms with Gasteiger partial charge in [0.15, 0.2) is 11.6 Å². The van der Waals surface area contributed by atoms with Crippen molar-refractivity contribution < 1.29 is 18.6 Å². The van der Waals surface area contributed by atoms with E-state index in [4.69, 9.17) is 19.9 Å². The fraction of sp³-hybridized carbons (Fsp3) is 0.200. The van der Waals surface area contributed by atoms with Gasteiger partial charge in [0.1, 0.15) is 11.5 Å². The van der Waals surface area contributed by atoms with Crippen LogP contribution in [0.25, 0.3) is 0 Å². The minimum Gasteiger partial charge on any atom is -0.497 e. The lowest BCUT2D eigenvalue weighted by Crippen LogP contribution is -2.01. The summed E-state index contributed by atoms with van der Waals surface area (Å²) in [4.78, 5) is 0. The van der Waals surface area contributed by atoms with Crippen molar-refractivity contribution in [2.75, 3.05) is 32.4 Å². The van der Waals surface area contributed by atoms with Crippen LogP contribution in [-0.2, 0) is 0 Å². The number of nitrogens with one attached hydrogen (secondary N) is 1. The Morgan fingerprint density at radius 2 is 1.62 bits per heavy atom. The second-order valence-electron chi connectivity index (χ2n) is 4.27. The van der Waals surface area contributed by atoms with E-state index in [0.717, 1.165) is 0 Å². The molecule has 0 saturated carbocycles. The first-order valence-electron chi connectivity index (χ1n) is 6.21. The maximum Gasteiger partial charge on any atom is 0.167 e. The van der Waals surface area contributed by atoms with E-state index in [1.54, 1.807) is 32.4 Å². The number of methoxy groups -OCH3 is 3. The van der Waals surface area contributed by atoms with Crippen LogP contribution in [0.4, 0.5) is 21.5 Å². The number of nitrogen functional groups attached to an aromatic ring is 1. The van der Waals surface area contributed by atoms with Gasteiger partial charge in [-0.2, -0.15) is 0 Å². The van der Waals surface area contributed by atoms with Crippen LogP contribution in [-0.4, -0.2) is 21.3 Å². The van der Waals surface area contributed by atoms with Crippen molar-refractivity contribution in [3.05, 3.63) is 36.1 Å². The highest BCUT2D eigenvalue weighted by Gasteiger charge is 2.11. The third kappa shape index (κ3) is 3.10. The molecule has 0 amide bonds. The van der Waals surface area contributed by atoms with Gasteiger partial charge in [0, 0.05) is 18.2 Å². The Hall–Kier alpha value is -2.63. The lowest BCUT2D eigenvalue weighted by atomic mass is 10.2. The second-order valence-corrected chi connectivity index (χ2v) is 4.27. The number of hydrogen-bond acceptors (Lipinski definition) is 5.